The van der Waals surface area contributed by atoms with Crippen molar-refractivity contribution in [1.82, 2.24) is 0 Å². The summed E-state index contributed by atoms with van der Waals surface area (Å²) in [6.07, 6.45) is -0.314. The zero-order valence-electron chi connectivity index (χ0n) is 15.7. The Morgan fingerprint density at radius 2 is 2.07 bits per heavy atom. The molecule has 0 radical (unpaired) electrons. The van der Waals surface area contributed by atoms with Crippen LogP contribution in [-0.2, 0) is 11.2 Å². The summed E-state index contributed by atoms with van der Waals surface area (Å²) in [5.41, 5.74) is 1.58. The van der Waals surface area contributed by atoms with Gasteiger partial charge in [-0.1, -0.05) is 17.7 Å². The van der Waals surface area contributed by atoms with E-state index in [4.69, 9.17) is 16.3 Å². The Kier molecular flexibility index (Phi) is 5.79. The van der Waals surface area contributed by atoms with E-state index in [-0.39, 0.29) is 23.3 Å². The first-order chi connectivity index (χ1) is 13.1. The van der Waals surface area contributed by atoms with Crippen molar-refractivity contribution in [3.63, 3.8) is 0 Å². The van der Waals surface area contributed by atoms with Gasteiger partial charge in [-0.05, 0) is 23.8 Å². The lowest BCUT2D eigenvalue weighted by atomic mass is 10.0. The fourth-order valence-electron chi connectivity index (χ4n) is 3.25. The molecular weight excluding hydrogens is 387 g/mol. The molecule has 150 valence electrons. The summed E-state index contributed by atoms with van der Waals surface area (Å²) in [6.45, 7) is 0.845. The molecule has 0 spiro atoms. The Labute approximate surface area is 167 Å². The second-order valence-electron chi connectivity index (χ2n) is 7.60. The van der Waals surface area contributed by atoms with E-state index in [1.54, 1.807) is 6.07 Å². The molecule has 1 aliphatic heterocycles. The molecule has 0 saturated heterocycles. The van der Waals surface area contributed by atoms with Gasteiger partial charge in [-0.2, -0.15) is 0 Å². The predicted molar refractivity (Wildman–Crippen MR) is 104 cm³/mol. The van der Waals surface area contributed by atoms with Crippen LogP contribution < -0.4 is 10.1 Å². The molecule has 1 heterocycles. The number of halogens is 2. The molecule has 1 amide bonds. The summed E-state index contributed by atoms with van der Waals surface area (Å²) >= 11 is 5.72. The van der Waals surface area contributed by atoms with Gasteiger partial charge in [0, 0.05) is 18.1 Å². The summed E-state index contributed by atoms with van der Waals surface area (Å²) in [7, 11) is 3.90. The van der Waals surface area contributed by atoms with E-state index in [1.807, 2.05) is 14.1 Å². The number of carbonyl (C=O) groups is 1. The van der Waals surface area contributed by atoms with Crippen molar-refractivity contribution in [1.29, 1.82) is 0 Å². The lowest BCUT2D eigenvalue weighted by molar-refractivity contribution is -0.893. The minimum Gasteiger partial charge on any atom is -0.508 e. The number of quaternary nitrogens is 1. The molecule has 2 aromatic rings. The maximum atomic E-state index is 13.6. The molecule has 0 aromatic heterocycles. The number of rotatable bonds is 6. The second-order valence-corrected chi connectivity index (χ2v) is 8.01. The van der Waals surface area contributed by atoms with E-state index in [2.05, 4.69) is 5.32 Å². The summed E-state index contributed by atoms with van der Waals surface area (Å²) < 4.78 is 19.5. The molecule has 0 fully saturated rings. The fourth-order valence-corrected chi connectivity index (χ4v) is 3.36. The topological polar surface area (TPSA) is 78.8 Å². The molecule has 0 saturated carbocycles. The number of aromatic hydroxyl groups is 1. The van der Waals surface area contributed by atoms with Crippen molar-refractivity contribution in [2.45, 2.75) is 12.5 Å². The van der Waals surface area contributed by atoms with E-state index in [0.29, 0.717) is 41.0 Å². The van der Waals surface area contributed by atoms with Gasteiger partial charge < -0.3 is 24.7 Å². The number of ether oxygens (including phenoxy) is 1. The molecule has 8 heteroatoms. The molecular formula is C20H23ClFN2O4+. The maximum Gasteiger partial charge on any atom is 0.262 e. The van der Waals surface area contributed by atoms with Crippen LogP contribution in [0.15, 0.2) is 30.3 Å². The number of nitrogens with zero attached hydrogens (tertiary/aromatic N) is 1. The first-order valence-electron chi connectivity index (χ1n) is 8.88. The van der Waals surface area contributed by atoms with Crippen LogP contribution in [0, 0.1) is 5.82 Å². The Morgan fingerprint density at radius 3 is 2.79 bits per heavy atom. The highest BCUT2D eigenvalue weighted by Gasteiger charge is 2.28. The lowest BCUT2D eigenvalue weighted by Gasteiger charge is -2.33. The molecule has 1 unspecified atom stereocenters. The van der Waals surface area contributed by atoms with Crippen molar-refractivity contribution in [3.05, 3.63) is 52.3 Å². The number of anilines is 1. The summed E-state index contributed by atoms with van der Waals surface area (Å²) in [5.74, 6) is -0.467. The highest BCUT2D eigenvalue weighted by Crippen LogP contribution is 2.39. The van der Waals surface area contributed by atoms with Gasteiger partial charge in [0.25, 0.3) is 5.91 Å². The van der Waals surface area contributed by atoms with Crippen molar-refractivity contribution in [3.8, 4) is 11.5 Å². The summed E-state index contributed by atoms with van der Waals surface area (Å²) in [6, 6.07) is 7.56. The molecule has 0 aliphatic carbocycles. The number of aliphatic hydroxyl groups excluding tert-OH is 1. The Balaban J connectivity index is 1.71. The summed E-state index contributed by atoms with van der Waals surface area (Å²) in [5, 5.41) is 23.4. The number of benzene rings is 2. The van der Waals surface area contributed by atoms with E-state index >= 15 is 0 Å². The van der Waals surface area contributed by atoms with E-state index < -0.39 is 11.9 Å². The highest BCUT2D eigenvalue weighted by atomic mass is 35.5. The third-order valence-electron chi connectivity index (χ3n) is 4.74. The number of aliphatic hydroxyl groups is 1. The Hall–Kier alpha value is -2.35. The van der Waals surface area contributed by atoms with E-state index in [1.165, 1.54) is 24.3 Å². The number of likely N-dealkylation sites (N-methyl/N-ethyl adjacent to an activating group) is 1. The SMILES string of the molecule is C[N+](C)(CCc1ccc(Cl)c(F)c1)CC(O)c1cc(O)cc2c1OCC(=O)N2. The number of amides is 1. The van der Waals surface area contributed by atoms with Crippen molar-refractivity contribution in [2.24, 2.45) is 0 Å². The van der Waals surface area contributed by atoms with Crippen LogP contribution in [0.2, 0.25) is 5.02 Å². The fraction of sp³-hybridized carbons (Fsp3) is 0.350. The molecule has 1 aliphatic rings. The standard InChI is InChI=1S/C20H22ClFN2O4/c1-24(2,6-5-12-3-4-15(21)16(22)7-12)10-18(26)14-8-13(25)9-17-20(14)28-11-19(27)23-17/h3-4,7-9,18,26H,5-6,10-11H2,1-2H3,(H-,23,25,27)/p+1. The van der Waals surface area contributed by atoms with Gasteiger partial charge in [0.2, 0.25) is 0 Å². The monoisotopic (exact) mass is 409 g/mol. The number of fused-ring (bicyclic) bond motifs is 1. The third-order valence-corrected chi connectivity index (χ3v) is 5.05. The van der Waals surface area contributed by atoms with Gasteiger partial charge in [0.05, 0.1) is 31.4 Å². The van der Waals surface area contributed by atoms with Crippen LogP contribution in [0.3, 0.4) is 0 Å². The number of phenols is 1. The van der Waals surface area contributed by atoms with Crippen LogP contribution in [-0.4, -0.2) is 54.4 Å². The van der Waals surface area contributed by atoms with Crippen LogP contribution in [0.4, 0.5) is 10.1 Å². The minimum atomic E-state index is -0.923. The van der Waals surface area contributed by atoms with Crippen molar-refractivity contribution >= 4 is 23.2 Å². The smallest absolute Gasteiger partial charge is 0.262 e. The van der Waals surface area contributed by atoms with Gasteiger partial charge in [-0.15, -0.1) is 0 Å². The number of carbonyl (C=O) groups excluding carboxylic acids is 1. The number of nitrogens with one attached hydrogen (secondary N) is 1. The molecule has 2 aromatic carbocycles. The largest absolute Gasteiger partial charge is 0.508 e. The van der Waals surface area contributed by atoms with Crippen molar-refractivity contribution in [2.75, 3.05) is 39.1 Å². The van der Waals surface area contributed by atoms with Crippen LogP contribution in [0.5, 0.6) is 11.5 Å². The quantitative estimate of drug-likeness (QED) is 0.641. The van der Waals surface area contributed by atoms with Gasteiger partial charge in [0.1, 0.15) is 30.0 Å². The molecule has 3 N–H and O–H groups in total. The predicted octanol–water partition coefficient (Wildman–Crippen LogP) is 2.87. The van der Waals surface area contributed by atoms with Crippen LogP contribution in [0.1, 0.15) is 17.2 Å². The van der Waals surface area contributed by atoms with Gasteiger partial charge in [-0.3, -0.25) is 4.79 Å². The molecule has 1 atom stereocenters. The van der Waals surface area contributed by atoms with E-state index in [9.17, 15) is 19.4 Å². The van der Waals surface area contributed by atoms with Crippen molar-refractivity contribution < 1.29 is 28.6 Å². The Bertz CT molecular complexity index is 904. The molecule has 3 rings (SSSR count). The van der Waals surface area contributed by atoms with Gasteiger partial charge in [-0.25, -0.2) is 4.39 Å². The van der Waals surface area contributed by atoms with E-state index in [0.717, 1.165) is 5.56 Å². The lowest BCUT2D eigenvalue weighted by Crippen LogP contribution is -2.44. The molecule has 0 bridgehead atoms. The average molecular weight is 410 g/mol. The van der Waals surface area contributed by atoms with Gasteiger partial charge in [0.15, 0.2) is 6.61 Å². The second kappa shape index (κ2) is 7.95. The Morgan fingerprint density at radius 1 is 1.32 bits per heavy atom. The highest BCUT2D eigenvalue weighted by molar-refractivity contribution is 6.30. The maximum absolute atomic E-state index is 13.6. The zero-order chi connectivity index (χ0) is 20.5. The number of hydrogen-bond donors (Lipinski definition) is 3. The minimum absolute atomic E-state index is 0.0689. The van der Waals surface area contributed by atoms with Gasteiger partial charge >= 0.3 is 0 Å². The first-order valence-corrected chi connectivity index (χ1v) is 9.26. The third kappa shape index (κ3) is 4.73. The molecule has 28 heavy (non-hydrogen) atoms. The molecule has 6 nitrogen and oxygen atoms in total. The van der Waals surface area contributed by atoms with Crippen LogP contribution in [0.25, 0.3) is 0 Å². The first kappa shape index (κ1) is 20.4. The number of phenolic OH excluding ortho intramolecular Hbond substituents is 1. The summed E-state index contributed by atoms with van der Waals surface area (Å²) in [4.78, 5) is 11.5. The van der Waals surface area contributed by atoms with Crippen LogP contribution >= 0.6 is 11.6 Å². The average Bonchev–Trinajstić information content (AvgIpc) is 2.61. The normalized spacial score (nSPS) is 14.8. The zero-order valence-corrected chi connectivity index (χ0v) is 16.5. The number of hydrogen-bond acceptors (Lipinski definition) is 4.